The topological polar surface area (TPSA) is 60.2 Å². The normalized spacial score (nSPS) is 14.7. The summed E-state index contributed by atoms with van der Waals surface area (Å²) >= 11 is 0. The standard InChI is InChI=1S/C16H20N4O2/c1-3-14-17-7-8-19(14)9-12-10-20(11-12)16(21)13-5-4-6-18-15(13)22-2/h4-8,12H,3,9-11H2,1-2H3. The van der Waals surface area contributed by atoms with Crippen molar-refractivity contribution in [3.8, 4) is 5.88 Å². The van der Waals surface area contributed by atoms with Gasteiger partial charge in [0.05, 0.1) is 7.11 Å². The molecule has 0 spiro atoms. The molecule has 0 saturated carbocycles. The Hall–Kier alpha value is -2.37. The number of ether oxygens (including phenoxy) is 1. The number of imidazole rings is 1. The zero-order valence-corrected chi connectivity index (χ0v) is 12.9. The maximum absolute atomic E-state index is 12.5. The molecule has 0 atom stereocenters. The van der Waals surface area contributed by atoms with Crippen LogP contribution in [0.2, 0.25) is 0 Å². The van der Waals surface area contributed by atoms with Gasteiger partial charge in [0.25, 0.3) is 5.91 Å². The summed E-state index contributed by atoms with van der Waals surface area (Å²) in [5.41, 5.74) is 0.528. The van der Waals surface area contributed by atoms with Crippen LogP contribution in [-0.2, 0) is 13.0 Å². The minimum Gasteiger partial charge on any atom is -0.480 e. The molecule has 0 aromatic carbocycles. The molecule has 1 fully saturated rings. The summed E-state index contributed by atoms with van der Waals surface area (Å²) in [6, 6.07) is 3.51. The minimum absolute atomic E-state index is 0.0115. The van der Waals surface area contributed by atoms with Crippen LogP contribution in [0, 0.1) is 5.92 Å². The highest BCUT2D eigenvalue weighted by atomic mass is 16.5. The van der Waals surface area contributed by atoms with Gasteiger partial charge < -0.3 is 14.2 Å². The summed E-state index contributed by atoms with van der Waals surface area (Å²) in [5.74, 6) is 1.95. The van der Waals surface area contributed by atoms with Gasteiger partial charge in [0.2, 0.25) is 5.88 Å². The number of nitrogens with zero attached hydrogens (tertiary/aromatic N) is 4. The van der Waals surface area contributed by atoms with Gasteiger partial charge in [-0.2, -0.15) is 0 Å². The van der Waals surface area contributed by atoms with E-state index in [0.717, 1.165) is 31.9 Å². The number of methoxy groups -OCH3 is 1. The first-order valence-corrected chi connectivity index (χ1v) is 7.51. The van der Waals surface area contributed by atoms with Gasteiger partial charge in [-0.15, -0.1) is 0 Å². The molecule has 1 aliphatic heterocycles. The van der Waals surface area contributed by atoms with Crippen molar-refractivity contribution in [3.05, 3.63) is 42.1 Å². The van der Waals surface area contributed by atoms with Crippen molar-refractivity contribution >= 4 is 5.91 Å². The third kappa shape index (κ3) is 2.68. The van der Waals surface area contributed by atoms with E-state index < -0.39 is 0 Å². The molecule has 6 heteroatoms. The van der Waals surface area contributed by atoms with Crippen molar-refractivity contribution in [2.24, 2.45) is 5.92 Å². The molecule has 2 aromatic rings. The van der Waals surface area contributed by atoms with Gasteiger partial charge in [-0.3, -0.25) is 4.79 Å². The average Bonchev–Trinajstić information content (AvgIpc) is 2.97. The van der Waals surface area contributed by atoms with E-state index in [9.17, 15) is 4.79 Å². The van der Waals surface area contributed by atoms with Crippen LogP contribution in [0.25, 0.3) is 0 Å². The van der Waals surface area contributed by atoms with E-state index in [2.05, 4.69) is 21.5 Å². The van der Waals surface area contributed by atoms with Gasteiger partial charge in [0.15, 0.2) is 0 Å². The first-order chi connectivity index (χ1) is 10.7. The lowest BCUT2D eigenvalue weighted by Gasteiger charge is -2.39. The van der Waals surface area contributed by atoms with Crippen molar-refractivity contribution in [3.63, 3.8) is 0 Å². The fraction of sp³-hybridized carbons (Fsp3) is 0.438. The largest absolute Gasteiger partial charge is 0.480 e. The molecule has 2 aromatic heterocycles. The fourth-order valence-corrected chi connectivity index (χ4v) is 2.84. The van der Waals surface area contributed by atoms with Crippen molar-refractivity contribution in [1.29, 1.82) is 0 Å². The van der Waals surface area contributed by atoms with Crippen LogP contribution in [0.1, 0.15) is 23.1 Å². The highest BCUT2D eigenvalue weighted by Crippen LogP contribution is 2.24. The summed E-state index contributed by atoms with van der Waals surface area (Å²) in [4.78, 5) is 22.7. The minimum atomic E-state index is -0.0115. The Morgan fingerprint density at radius 2 is 2.18 bits per heavy atom. The molecule has 3 heterocycles. The third-order valence-corrected chi connectivity index (χ3v) is 4.01. The van der Waals surface area contributed by atoms with E-state index >= 15 is 0 Å². The van der Waals surface area contributed by atoms with E-state index in [1.165, 1.54) is 7.11 Å². The Labute approximate surface area is 129 Å². The van der Waals surface area contributed by atoms with Gasteiger partial charge in [0.1, 0.15) is 11.4 Å². The third-order valence-electron chi connectivity index (χ3n) is 4.01. The highest BCUT2D eigenvalue weighted by Gasteiger charge is 2.33. The lowest BCUT2D eigenvalue weighted by Crippen LogP contribution is -2.51. The summed E-state index contributed by atoms with van der Waals surface area (Å²) in [5, 5.41) is 0. The predicted molar refractivity (Wildman–Crippen MR) is 81.8 cm³/mol. The molecular weight excluding hydrogens is 280 g/mol. The number of aryl methyl sites for hydroxylation is 1. The quantitative estimate of drug-likeness (QED) is 0.842. The second-order valence-corrected chi connectivity index (χ2v) is 5.49. The zero-order chi connectivity index (χ0) is 15.5. The Balaban J connectivity index is 1.60. The van der Waals surface area contributed by atoms with E-state index in [1.54, 1.807) is 18.3 Å². The summed E-state index contributed by atoms with van der Waals surface area (Å²) in [6.45, 7) is 4.54. The maximum Gasteiger partial charge on any atom is 0.259 e. The molecule has 116 valence electrons. The van der Waals surface area contributed by atoms with Gasteiger partial charge >= 0.3 is 0 Å². The monoisotopic (exact) mass is 300 g/mol. The molecule has 0 unspecified atom stereocenters. The van der Waals surface area contributed by atoms with Crippen LogP contribution in [-0.4, -0.2) is 45.5 Å². The molecule has 1 aliphatic rings. The molecule has 0 bridgehead atoms. The van der Waals surface area contributed by atoms with Crippen molar-refractivity contribution in [2.75, 3.05) is 20.2 Å². The molecule has 1 saturated heterocycles. The number of carbonyl (C=O) groups excluding carboxylic acids is 1. The maximum atomic E-state index is 12.5. The molecule has 0 aliphatic carbocycles. The van der Waals surface area contributed by atoms with E-state index in [0.29, 0.717) is 17.4 Å². The molecule has 3 rings (SSSR count). The lowest BCUT2D eigenvalue weighted by molar-refractivity contribution is 0.0463. The molecule has 0 radical (unpaired) electrons. The highest BCUT2D eigenvalue weighted by molar-refractivity contribution is 5.96. The molecule has 0 N–H and O–H groups in total. The molecule has 6 nitrogen and oxygen atoms in total. The van der Waals surface area contributed by atoms with Crippen molar-refractivity contribution < 1.29 is 9.53 Å². The zero-order valence-electron chi connectivity index (χ0n) is 12.9. The lowest BCUT2D eigenvalue weighted by atomic mass is 9.98. The second kappa shape index (κ2) is 6.17. The number of amides is 1. The van der Waals surface area contributed by atoms with E-state index in [1.807, 2.05) is 17.3 Å². The number of rotatable bonds is 5. The number of pyridine rings is 1. The second-order valence-electron chi connectivity index (χ2n) is 5.49. The Kier molecular flexibility index (Phi) is 4.09. The van der Waals surface area contributed by atoms with Crippen LogP contribution in [0.3, 0.4) is 0 Å². The van der Waals surface area contributed by atoms with Crippen LogP contribution in [0.15, 0.2) is 30.7 Å². The van der Waals surface area contributed by atoms with Crippen LogP contribution in [0.4, 0.5) is 0 Å². The molecule has 1 amide bonds. The number of hydrogen-bond acceptors (Lipinski definition) is 4. The summed E-state index contributed by atoms with van der Waals surface area (Å²) < 4.78 is 7.33. The SMILES string of the molecule is CCc1nccn1CC1CN(C(=O)c2cccnc2OC)C1. The predicted octanol–water partition coefficient (Wildman–Crippen LogP) is 1.62. The number of likely N-dealkylation sites (tertiary alicyclic amines) is 1. The first kappa shape index (κ1) is 14.6. The Morgan fingerprint density at radius 1 is 1.36 bits per heavy atom. The Bertz CT molecular complexity index is 662. The van der Waals surface area contributed by atoms with E-state index in [-0.39, 0.29) is 5.91 Å². The van der Waals surface area contributed by atoms with Crippen LogP contribution in [0.5, 0.6) is 5.88 Å². The Morgan fingerprint density at radius 3 is 2.91 bits per heavy atom. The van der Waals surface area contributed by atoms with Crippen molar-refractivity contribution in [2.45, 2.75) is 19.9 Å². The van der Waals surface area contributed by atoms with Crippen molar-refractivity contribution in [1.82, 2.24) is 19.4 Å². The van der Waals surface area contributed by atoms with Crippen LogP contribution >= 0.6 is 0 Å². The van der Waals surface area contributed by atoms with Gasteiger partial charge in [-0.25, -0.2) is 9.97 Å². The van der Waals surface area contributed by atoms with Gasteiger partial charge in [0, 0.05) is 50.6 Å². The average molecular weight is 300 g/mol. The molecule has 22 heavy (non-hydrogen) atoms. The van der Waals surface area contributed by atoms with Gasteiger partial charge in [-0.1, -0.05) is 6.92 Å². The van der Waals surface area contributed by atoms with Crippen LogP contribution < -0.4 is 4.74 Å². The summed E-state index contributed by atoms with van der Waals surface area (Å²) in [6.07, 6.45) is 6.39. The smallest absolute Gasteiger partial charge is 0.259 e. The number of hydrogen-bond donors (Lipinski definition) is 0. The number of carbonyl (C=O) groups is 1. The van der Waals surface area contributed by atoms with Gasteiger partial charge in [-0.05, 0) is 12.1 Å². The molecular formula is C16H20N4O2. The number of aromatic nitrogens is 3. The van der Waals surface area contributed by atoms with E-state index in [4.69, 9.17) is 4.74 Å². The summed E-state index contributed by atoms with van der Waals surface area (Å²) in [7, 11) is 1.53. The first-order valence-electron chi connectivity index (χ1n) is 7.51. The fourth-order valence-electron chi connectivity index (χ4n) is 2.84.